The lowest BCUT2D eigenvalue weighted by molar-refractivity contribution is -0.395. The summed E-state index contributed by atoms with van der Waals surface area (Å²) in [6, 6.07) is 2.51. The normalized spacial score (nSPS) is 24.1. The van der Waals surface area contributed by atoms with Crippen LogP contribution < -0.4 is 4.74 Å². The minimum atomic E-state index is -2.17. The second-order valence-corrected chi connectivity index (χ2v) is 5.65. The van der Waals surface area contributed by atoms with Crippen LogP contribution >= 0.6 is 0 Å². The van der Waals surface area contributed by atoms with E-state index in [1.54, 1.807) is 0 Å². The molecule has 1 saturated heterocycles. The van der Waals surface area contributed by atoms with E-state index in [2.05, 4.69) is 0 Å². The molecule has 1 heterocycles. The molecule has 0 spiro atoms. The molecular formula is C15H15FN2O10. The summed E-state index contributed by atoms with van der Waals surface area (Å²) < 4.78 is 34.8. The Kier molecular flexibility index (Phi) is 6.41. The number of benzene rings is 1. The van der Waals surface area contributed by atoms with Gasteiger partial charge in [0.2, 0.25) is 18.2 Å². The van der Waals surface area contributed by atoms with Gasteiger partial charge in [0, 0.05) is 19.9 Å². The van der Waals surface area contributed by atoms with Crippen molar-refractivity contribution in [2.75, 3.05) is 6.61 Å². The lowest BCUT2D eigenvalue weighted by Gasteiger charge is -2.37. The number of hydrogen-bond acceptors (Lipinski definition) is 10. The topological polar surface area (TPSA) is 157 Å². The Balaban J connectivity index is 2.26. The highest BCUT2D eigenvalue weighted by Crippen LogP contribution is 2.34. The zero-order valence-corrected chi connectivity index (χ0v) is 14.6. The van der Waals surface area contributed by atoms with Gasteiger partial charge in [0.15, 0.2) is 12.2 Å². The number of carbonyl (C=O) groups excluding carboxylic acids is 2. The number of rotatable bonds is 6. The van der Waals surface area contributed by atoms with Crippen LogP contribution in [0.25, 0.3) is 0 Å². The second-order valence-electron chi connectivity index (χ2n) is 5.65. The van der Waals surface area contributed by atoms with E-state index < -0.39 is 70.2 Å². The van der Waals surface area contributed by atoms with Crippen LogP contribution in [0.3, 0.4) is 0 Å². The summed E-state index contributed by atoms with van der Waals surface area (Å²) in [4.78, 5) is 42.5. The first-order chi connectivity index (χ1) is 13.1. The smallest absolute Gasteiger partial charge is 0.317 e. The minimum Gasteiger partial charge on any atom is -0.456 e. The van der Waals surface area contributed by atoms with E-state index in [-0.39, 0.29) is 0 Å². The second kappa shape index (κ2) is 8.56. The molecule has 4 atom stereocenters. The first kappa shape index (κ1) is 21.0. The fourth-order valence-corrected chi connectivity index (χ4v) is 2.47. The highest BCUT2D eigenvalue weighted by molar-refractivity contribution is 5.67. The number of hydrogen-bond donors (Lipinski definition) is 0. The molecule has 13 heteroatoms. The fraction of sp³-hybridized carbons (Fsp3) is 0.467. The summed E-state index contributed by atoms with van der Waals surface area (Å²) in [5.74, 6) is -2.11. The Labute approximate surface area is 156 Å². The maximum atomic E-state index is 14.8. The van der Waals surface area contributed by atoms with Crippen LogP contribution in [0.2, 0.25) is 0 Å². The number of nitro groups is 2. The van der Waals surface area contributed by atoms with Crippen molar-refractivity contribution in [3.8, 4) is 5.75 Å². The van der Waals surface area contributed by atoms with Crippen LogP contribution in [0.4, 0.5) is 15.8 Å². The van der Waals surface area contributed by atoms with Crippen LogP contribution in [-0.2, 0) is 23.8 Å². The summed E-state index contributed by atoms with van der Waals surface area (Å²) in [6.07, 6.45) is -6.74. The first-order valence-corrected chi connectivity index (χ1v) is 7.79. The lowest BCUT2D eigenvalue weighted by Crippen LogP contribution is -2.55. The molecule has 1 aromatic carbocycles. The van der Waals surface area contributed by atoms with Gasteiger partial charge in [-0.15, -0.1) is 0 Å². The highest BCUT2D eigenvalue weighted by Gasteiger charge is 2.47. The number of alkyl halides is 1. The standard InChI is InChI=1S/C15H15FN2O10/c1-7(19)26-12-6-25-15(13(16)14(12)27-8(2)20)28-11-4-3-9(17(21)22)5-10(11)18(23)24/h3-5,12-15H,6H2,1-2H3/t12-,13+,14+,15-/m1/s1. The molecule has 0 aromatic heterocycles. The summed E-state index contributed by atoms with van der Waals surface area (Å²) in [7, 11) is 0. The van der Waals surface area contributed by atoms with E-state index >= 15 is 0 Å². The third kappa shape index (κ3) is 4.88. The molecule has 0 amide bonds. The van der Waals surface area contributed by atoms with Gasteiger partial charge in [-0.1, -0.05) is 0 Å². The number of halogens is 1. The molecule has 1 aromatic rings. The average molecular weight is 402 g/mol. The number of esters is 2. The molecule has 2 rings (SSSR count). The van der Waals surface area contributed by atoms with Gasteiger partial charge in [-0.25, -0.2) is 4.39 Å². The molecular weight excluding hydrogens is 387 g/mol. The summed E-state index contributed by atoms with van der Waals surface area (Å²) in [6.45, 7) is 1.67. The zero-order chi connectivity index (χ0) is 21.0. The third-order valence-electron chi connectivity index (χ3n) is 3.58. The average Bonchev–Trinajstić information content (AvgIpc) is 2.59. The number of carbonyl (C=O) groups is 2. The Morgan fingerprint density at radius 2 is 1.79 bits per heavy atom. The molecule has 0 unspecified atom stereocenters. The molecule has 28 heavy (non-hydrogen) atoms. The number of non-ortho nitro benzene ring substituents is 1. The van der Waals surface area contributed by atoms with Crippen molar-refractivity contribution in [3.05, 3.63) is 38.4 Å². The van der Waals surface area contributed by atoms with Crippen molar-refractivity contribution in [1.82, 2.24) is 0 Å². The quantitative estimate of drug-likeness (QED) is 0.387. The van der Waals surface area contributed by atoms with Gasteiger partial charge in [-0.3, -0.25) is 29.8 Å². The largest absolute Gasteiger partial charge is 0.456 e. The maximum absolute atomic E-state index is 14.8. The fourth-order valence-electron chi connectivity index (χ4n) is 2.47. The first-order valence-electron chi connectivity index (χ1n) is 7.79. The maximum Gasteiger partial charge on any atom is 0.317 e. The molecule has 152 valence electrons. The monoisotopic (exact) mass is 402 g/mol. The van der Waals surface area contributed by atoms with Gasteiger partial charge in [0.1, 0.15) is 0 Å². The van der Waals surface area contributed by atoms with E-state index in [1.807, 2.05) is 0 Å². The molecule has 0 aliphatic carbocycles. The Hall–Kier alpha value is -3.35. The summed E-state index contributed by atoms with van der Waals surface area (Å²) in [5, 5.41) is 21.9. The van der Waals surface area contributed by atoms with Crippen LogP contribution in [0.15, 0.2) is 18.2 Å². The van der Waals surface area contributed by atoms with Gasteiger partial charge < -0.3 is 18.9 Å². The predicted molar refractivity (Wildman–Crippen MR) is 86.1 cm³/mol. The van der Waals surface area contributed by atoms with Crippen molar-refractivity contribution < 1.29 is 42.8 Å². The van der Waals surface area contributed by atoms with E-state index in [9.17, 15) is 34.2 Å². The van der Waals surface area contributed by atoms with E-state index in [4.69, 9.17) is 18.9 Å². The Morgan fingerprint density at radius 3 is 2.32 bits per heavy atom. The van der Waals surface area contributed by atoms with Gasteiger partial charge in [-0.05, 0) is 6.07 Å². The Morgan fingerprint density at radius 1 is 1.14 bits per heavy atom. The predicted octanol–water partition coefficient (Wildman–Crippen LogP) is 1.44. The molecule has 1 aliphatic rings. The third-order valence-corrected chi connectivity index (χ3v) is 3.58. The van der Waals surface area contributed by atoms with E-state index in [1.165, 1.54) is 0 Å². The van der Waals surface area contributed by atoms with Crippen molar-refractivity contribution in [1.29, 1.82) is 0 Å². The van der Waals surface area contributed by atoms with Crippen LogP contribution in [0.1, 0.15) is 13.8 Å². The lowest BCUT2D eigenvalue weighted by atomic mass is 10.1. The van der Waals surface area contributed by atoms with Gasteiger partial charge in [-0.2, -0.15) is 0 Å². The van der Waals surface area contributed by atoms with Crippen molar-refractivity contribution in [2.24, 2.45) is 0 Å². The number of ether oxygens (including phenoxy) is 4. The molecule has 12 nitrogen and oxygen atoms in total. The molecule has 0 bridgehead atoms. The molecule has 1 aliphatic heterocycles. The minimum absolute atomic E-state index is 0.413. The van der Waals surface area contributed by atoms with Crippen molar-refractivity contribution >= 4 is 23.3 Å². The highest BCUT2D eigenvalue weighted by atomic mass is 19.1. The molecule has 0 N–H and O–H groups in total. The van der Waals surface area contributed by atoms with Gasteiger partial charge in [0.05, 0.1) is 22.5 Å². The molecule has 1 fully saturated rings. The van der Waals surface area contributed by atoms with Crippen LogP contribution in [-0.4, -0.2) is 53.1 Å². The van der Waals surface area contributed by atoms with E-state index in [0.29, 0.717) is 6.07 Å². The number of nitrogens with zero attached hydrogens (tertiary/aromatic N) is 2. The summed E-state index contributed by atoms with van der Waals surface area (Å²) in [5.41, 5.74) is -1.34. The van der Waals surface area contributed by atoms with Crippen molar-refractivity contribution in [3.63, 3.8) is 0 Å². The molecule has 0 saturated carbocycles. The summed E-state index contributed by atoms with van der Waals surface area (Å²) >= 11 is 0. The Bertz CT molecular complexity index is 801. The number of nitro benzene ring substituents is 2. The SMILES string of the molecule is CC(=O)O[C@@H]1[C@H](F)[C@@H](Oc2ccc([N+](=O)[O-])cc2[N+](=O)[O-])OC[C@H]1OC(C)=O. The van der Waals surface area contributed by atoms with Gasteiger partial charge >= 0.3 is 17.6 Å². The van der Waals surface area contributed by atoms with Crippen LogP contribution in [0, 0.1) is 20.2 Å². The zero-order valence-electron chi connectivity index (χ0n) is 14.6. The van der Waals surface area contributed by atoms with Crippen LogP contribution in [0.5, 0.6) is 5.75 Å². The van der Waals surface area contributed by atoms with Gasteiger partial charge in [0.25, 0.3) is 5.69 Å². The van der Waals surface area contributed by atoms with Crippen molar-refractivity contribution in [2.45, 2.75) is 38.5 Å². The molecule has 0 radical (unpaired) electrons. The van der Waals surface area contributed by atoms with E-state index in [0.717, 1.165) is 26.0 Å².